The number of ether oxygens (including phenoxy) is 3. The standard InChI is InChI=1S/C27H22N8O10S2/c36-20(34(11-21(37)38)8-7-31-47(41,42)27-32-16-3-1-2-4-19(16)46-27)10-35-13-30-22-23(28-12-29-24(22)35)33-26(40)45-25(39)15-5-6-17-18(9-15)44-14-43-17/h1-6,9,12-13,31H,7-8,10-11,14H2,(H,37,38)(H,28,29,33,40). The van der Waals surface area contributed by atoms with Gasteiger partial charge in [0.1, 0.15) is 19.4 Å². The molecule has 1 aliphatic rings. The number of carbonyl (C=O) groups is 4. The minimum absolute atomic E-state index is 0.00119. The summed E-state index contributed by atoms with van der Waals surface area (Å²) in [6.45, 7) is -1.70. The summed E-state index contributed by atoms with van der Waals surface area (Å²) in [7, 11) is -4.03. The monoisotopic (exact) mass is 682 g/mol. The fourth-order valence-electron chi connectivity index (χ4n) is 4.42. The number of nitrogens with zero attached hydrogens (tertiary/aromatic N) is 6. The highest BCUT2D eigenvalue weighted by Crippen LogP contribution is 2.32. The number of carboxylic acids is 1. The van der Waals surface area contributed by atoms with E-state index in [0.29, 0.717) is 21.7 Å². The Morgan fingerprint density at radius 2 is 1.87 bits per heavy atom. The Balaban J connectivity index is 1.09. The van der Waals surface area contributed by atoms with Gasteiger partial charge in [0.15, 0.2) is 28.5 Å². The summed E-state index contributed by atoms with van der Waals surface area (Å²) in [4.78, 5) is 66.9. The number of imidazole rings is 1. The number of nitrogens with one attached hydrogen (secondary N) is 2. The lowest BCUT2D eigenvalue weighted by Gasteiger charge is -2.21. The van der Waals surface area contributed by atoms with E-state index >= 15 is 0 Å². The number of aromatic nitrogens is 5. The molecule has 2 aromatic carbocycles. The highest BCUT2D eigenvalue weighted by Gasteiger charge is 2.24. The molecule has 0 unspecified atom stereocenters. The normalized spacial score (nSPS) is 12.3. The summed E-state index contributed by atoms with van der Waals surface area (Å²) < 4.78 is 45.0. The highest BCUT2D eigenvalue weighted by atomic mass is 32.2. The molecule has 6 rings (SSSR count). The van der Waals surface area contributed by atoms with E-state index in [0.717, 1.165) is 22.6 Å². The number of hydrogen-bond donors (Lipinski definition) is 3. The van der Waals surface area contributed by atoms with Gasteiger partial charge in [-0.3, -0.25) is 14.9 Å². The number of carbonyl (C=O) groups excluding carboxylic acids is 3. The fourth-order valence-corrected chi connectivity index (χ4v) is 6.70. The van der Waals surface area contributed by atoms with Crippen molar-refractivity contribution < 1.29 is 46.9 Å². The number of anilines is 1. The smallest absolute Gasteiger partial charge is 0.420 e. The van der Waals surface area contributed by atoms with Crippen LogP contribution in [0.3, 0.4) is 0 Å². The third kappa shape index (κ3) is 6.93. The molecule has 20 heteroatoms. The van der Waals surface area contributed by atoms with E-state index in [-0.39, 0.29) is 46.8 Å². The number of fused-ring (bicyclic) bond motifs is 3. The molecule has 5 aromatic rings. The molecule has 242 valence electrons. The van der Waals surface area contributed by atoms with Crippen molar-refractivity contribution in [2.24, 2.45) is 0 Å². The van der Waals surface area contributed by atoms with E-state index in [4.69, 9.17) is 14.2 Å². The Kier molecular flexibility index (Phi) is 8.61. The Hall–Kier alpha value is -5.73. The molecule has 3 N–H and O–H groups in total. The molecule has 0 bridgehead atoms. The summed E-state index contributed by atoms with van der Waals surface area (Å²) in [5.41, 5.74) is 0.691. The van der Waals surface area contributed by atoms with Gasteiger partial charge in [0, 0.05) is 13.1 Å². The van der Waals surface area contributed by atoms with Gasteiger partial charge >= 0.3 is 18.0 Å². The lowest BCUT2D eigenvalue weighted by Crippen LogP contribution is -2.42. The predicted octanol–water partition coefficient (Wildman–Crippen LogP) is 1.45. The van der Waals surface area contributed by atoms with Crippen molar-refractivity contribution in [3.05, 3.63) is 60.7 Å². The van der Waals surface area contributed by atoms with Crippen molar-refractivity contribution in [2.45, 2.75) is 10.9 Å². The van der Waals surface area contributed by atoms with E-state index in [2.05, 4.69) is 30.0 Å². The summed E-state index contributed by atoms with van der Waals surface area (Å²) in [6.07, 6.45) is 1.13. The maximum absolute atomic E-state index is 13.2. The minimum atomic E-state index is -4.03. The van der Waals surface area contributed by atoms with Crippen molar-refractivity contribution in [2.75, 3.05) is 31.7 Å². The quantitative estimate of drug-likeness (QED) is 0.132. The molecule has 4 heterocycles. The van der Waals surface area contributed by atoms with Crippen LogP contribution in [0, 0.1) is 0 Å². The summed E-state index contributed by atoms with van der Waals surface area (Å²) in [6, 6.07) is 11.2. The SMILES string of the molecule is O=C(O)CN(CCNS(=O)(=O)c1nc2ccccc2s1)C(=O)Cn1cnc2c(NC(=O)OC(=O)c3ccc4c(c3)OCO4)ncnc21. The van der Waals surface area contributed by atoms with Crippen LogP contribution in [-0.4, -0.2) is 93.3 Å². The lowest BCUT2D eigenvalue weighted by molar-refractivity contribution is -0.144. The zero-order valence-electron chi connectivity index (χ0n) is 23.9. The van der Waals surface area contributed by atoms with Crippen molar-refractivity contribution in [3.63, 3.8) is 0 Å². The molecule has 3 aromatic heterocycles. The third-order valence-corrected chi connectivity index (χ3v) is 9.45. The van der Waals surface area contributed by atoms with Crippen LogP contribution in [0.2, 0.25) is 0 Å². The zero-order chi connectivity index (χ0) is 33.1. The summed E-state index contributed by atoms with van der Waals surface area (Å²) in [5.74, 6) is -2.33. The number of benzene rings is 2. The van der Waals surface area contributed by atoms with Gasteiger partial charge in [-0.25, -0.2) is 42.7 Å². The first-order chi connectivity index (χ1) is 22.6. The van der Waals surface area contributed by atoms with Crippen LogP contribution in [0.25, 0.3) is 21.4 Å². The molecule has 0 radical (unpaired) electrons. The predicted molar refractivity (Wildman–Crippen MR) is 161 cm³/mol. The molecule has 0 fully saturated rings. The van der Waals surface area contributed by atoms with Crippen LogP contribution in [-0.2, 0) is 30.9 Å². The van der Waals surface area contributed by atoms with Gasteiger partial charge in [-0.15, -0.1) is 11.3 Å². The van der Waals surface area contributed by atoms with Gasteiger partial charge in [0.2, 0.25) is 17.0 Å². The molecular formula is C27H22N8O10S2. The fraction of sp³-hybridized carbons (Fsp3) is 0.185. The Bertz CT molecular complexity index is 2120. The first-order valence-corrected chi connectivity index (χ1v) is 15.8. The van der Waals surface area contributed by atoms with Crippen LogP contribution in [0.4, 0.5) is 10.6 Å². The van der Waals surface area contributed by atoms with E-state index in [1.54, 1.807) is 24.3 Å². The number of hydrogen-bond acceptors (Lipinski definition) is 14. The van der Waals surface area contributed by atoms with Crippen LogP contribution < -0.4 is 19.5 Å². The highest BCUT2D eigenvalue weighted by molar-refractivity contribution is 7.91. The first-order valence-electron chi connectivity index (χ1n) is 13.5. The number of rotatable bonds is 11. The van der Waals surface area contributed by atoms with E-state index in [9.17, 15) is 32.7 Å². The van der Waals surface area contributed by atoms with Crippen molar-refractivity contribution in [3.8, 4) is 11.5 Å². The second kappa shape index (κ2) is 12.9. The molecule has 0 aliphatic carbocycles. The van der Waals surface area contributed by atoms with E-state index in [1.165, 1.54) is 29.1 Å². The number of sulfonamides is 1. The molecular weight excluding hydrogens is 660 g/mol. The van der Waals surface area contributed by atoms with Crippen molar-refractivity contribution >= 4 is 72.5 Å². The van der Waals surface area contributed by atoms with E-state index in [1.807, 2.05) is 0 Å². The van der Waals surface area contributed by atoms with Crippen LogP contribution in [0.5, 0.6) is 11.5 Å². The lowest BCUT2D eigenvalue weighted by atomic mass is 10.2. The van der Waals surface area contributed by atoms with Gasteiger partial charge in [0.25, 0.3) is 10.0 Å². The number of esters is 1. The Morgan fingerprint density at radius 1 is 1.06 bits per heavy atom. The summed E-state index contributed by atoms with van der Waals surface area (Å²) in [5, 5.41) is 11.7. The zero-order valence-corrected chi connectivity index (χ0v) is 25.5. The van der Waals surface area contributed by atoms with Gasteiger partial charge in [0.05, 0.1) is 22.1 Å². The van der Waals surface area contributed by atoms with E-state index < -0.39 is 47.1 Å². The molecule has 2 amide bonds. The third-order valence-electron chi connectivity index (χ3n) is 6.58. The average molecular weight is 683 g/mol. The van der Waals surface area contributed by atoms with Crippen LogP contribution in [0.1, 0.15) is 10.4 Å². The van der Waals surface area contributed by atoms with Crippen molar-refractivity contribution in [1.82, 2.24) is 34.1 Å². The first kappa shape index (κ1) is 31.3. The minimum Gasteiger partial charge on any atom is -0.480 e. The maximum Gasteiger partial charge on any atom is 0.420 e. The van der Waals surface area contributed by atoms with Gasteiger partial charge in [-0.1, -0.05) is 12.1 Å². The second-order valence-electron chi connectivity index (χ2n) is 9.69. The van der Waals surface area contributed by atoms with Gasteiger partial charge in [-0.2, -0.15) is 0 Å². The van der Waals surface area contributed by atoms with Crippen molar-refractivity contribution in [1.29, 1.82) is 0 Å². The number of carboxylic acid groups (broad SMARTS) is 1. The maximum atomic E-state index is 13.2. The summed E-state index contributed by atoms with van der Waals surface area (Å²) >= 11 is 0.976. The topological polar surface area (TPSA) is 234 Å². The number of para-hydroxylation sites is 1. The molecule has 1 aliphatic heterocycles. The van der Waals surface area contributed by atoms with Crippen LogP contribution >= 0.6 is 11.3 Å². The van der Waals surface area contributed by atoms with Gasteiger partial charge in [-0.05, 0) is 30.3 Å². The van der Waals surface area contributed by atoms with Crippen LogP contribution in [0.15, 0.2) is 59.5 Å². The molecule has 18 nitrogen and oxygen atoms in total. The number of amides is 2. The Morgan fingerprint density at radius 3 is 2.68 bits per heavy atom. The molecule has 0 spiro atoms. The molecule has 47 heavy (non-hydrogen) atoms. The number of aliphatic carboxylic acids is 1. The largest absolute Gasteiger partial charge is 0.480 e. The number of thiazole rings is 1. The molecule has 0 saturated heterocycles. The Labute approximate surface area is 268 Å². The second-order valence-corrected chi connectivity index (χ2v) is 12.7. The molecule has 0 atom stereocenters. The average Bonchev–Trinajstić information content (AvgIpc) is 3.79. The molecule has 0 saturated carbocycles. The van der Waals surface area contributed by atoms with Gasteiger partial charge < -0.3 is 28.8 Å².